The van der Waals surface area contributed by atoms with Crippen molar-refractivity contribution in [2.24, 2.45) is 0 Å². The van der Waals surface area contributed by atoms with E-state index in [1.807, 2.05) is 12.1 Å². The van der Waals surface area contributed by atoms with Crippen molar-refractivity contribution in [1.29, 1.82) is 0 Å². The van der Waals surface area contributed by atoms with E-state index in [0.717, 1.165) is 42.2 Å². The molecule has 2 N–H and O–H groups in total. The summed E-state index contributed by atoms with van der Waals surface area (Å²) >= 11 is 0. The van der Waals surface area contributed by atoms with Crippen LogP contribution in [0.1, 0.15) is 21.6 Å². The number of amides is 1. The molecule has 2 aliphatic heterocycles. The molecule has 1 fully saturated rings. The Kier molecular flexibility index (Phi) is 5.84. The first-order valence-electron chi connectivity index (χ1n) is 11.0. The Balaban J connectivity index is 1.27. The minimum atomic E-state index is -4.03. The van der Waals surface area contributed by atoms with Gasteiger partial charge in [-0.2, -0.15) is 9.40 Å². The van der Waals surface area contributed by atoms with E-state index in [0.29, 0.717) is 16.8 Å². The van der Waals surface area contributed by atoms with Gasteiger partial charge < -0.3 is 15.1 Å². The van der Waals surface area contributed by atoms with Crippen molar-refractivity contribution in [3.8, 4) is 0 Å². The quantitative estimate of drug-likeness (QED) is 0.576. The van der Waals surface area contributed by atoms with Gasteiger partial charge in [0.1, 0.15) is 10.7 Å². The van der Waals surface area contributed by atoms with Crippen molar-refractivity contribution in [2.45, 2.75) is 18.0 Å². The molecule has 0 radical (unpaired) electrons. The number of likely N-dealkylation sites (N-methyl/N-ethyl adjacent to an activating group) is 1. The van der Waals surface area contributed by atoms with Crippen molar-refractivity contribution < 1.29 is 17.6 Å². The van der Waals surface area contributed by atoms with Crippen molar-refractivity contribution in [2.75, 3.05) is 43.4 Å². The summed E-state index contributed by atoms with van der Waals surface area (Å²) in [6, 6.07) is 12.7. The Hall–Kier alpha value is -3.28. The molecule has 11 heteroatoms. The van der Waals surface area contributed by atoms with Gasteiger partial charge in [-0.1, -0.05) is 12.1 Å². The lowest BCUT2D eigenvalue weighted by Crippen LogP contribution is -2.44. The van der Waals surface area contributed by atoms with E-state index in [4.69, 9.17) is 0 Å². The third-order valence-corrected chi connectivity index (χ3v) is 8.13. The fourth-order valence-corrected chi connectivity index (χ4v) is 5.69. The molecule has 0 aliphatic carbocycles. The average molecular weight is 485 g/mol. The molecule has 1 saturated heterocycles. The number of halogens is 1. The van der Waals surface area contributed by atoms with Gasteiger partial charge in [-0.25, -0.2) is 12.8 Å². The van der Waals surface area contributed by atoms with Gasteiger partial charge in [-0.3, -0.25) is 9.89 Å². The molecular formula is C23H25FN6O3S. The molecule has 0 saturated carbocycles. The number of piperazine rings is 1. The zero-order valence-electron chi connectivity index (χ0n) is 18.7. The van der Waals surface area contributed by atoms with Crippen LogP contribution in [0, 0.1) is 5.82 Å². The maximum absolute atomic E-state index is 14.1. The molecule has 9 nitrogen and oxygen atoms in total. The summed E-state index contributed by atoms with van der Waals surface area (Å²) in [6.45, 7) is 3.88. The predicted octanol–water partition coefficient (Wildman–Crippen LogP) is 2.26. The van der Waals surface area contributed by atoms with Gasteiger partial charge in [-0.05, 0) is 43.4 Å². The summed E-state index contributed by atoms with van der Waals surface area (Å²) in [4.78, 5) is 17.0. The van der Waals surface area contributed by atoms with Gasteiger partial charge in [0.2, 0.25) is 10.0 Å². The molecule has 1 aromatic heterocycles. The van der Waals surface area contributed by atoms with E-state index < -0.39 is 15.8 Å². The third kappa shape index (κ3) is 4.17. The minimum absolute atomic E-state index is 0.0134. The summed E-state index contributed by atoms with van der Waals surface area (Å²) < 4.78 is 41.1. The number of hydrogen-bond donors (Lipinski definition) is 2. The number of rotatable bonds is 5. The predicted molar refractivity (Wildman–Crippen MR) is 126 cm³/mol. The summed E-state index contributed by atoms with van der Waals surface area (Å²) in [5, 5.41) is 9.70. The van der Waals surface area contributed by atoms with Gasteiger partial charge in [0.15, 0.2) is 5.82 Å². The van der Waals surface area contributed by atoms with Crippen LogP contribution in [-0.4, -0.2) is 67.0 Å². The van der Waals surface area contributed by atoms with Crippen molar-refractivity contribution in [1.82, 2.24) is 19.4 Å². The van der Waals surface area contributed by atoms with Crippen LogP contribution in [0.15, 0.2) is 53.4 Å². The maximum Gasteiger partial charge on any atom is 0.256 e. The van der Waals surface area contributed by atoms with E-state index in [1.54, 1.807) is 12.1 Å². The molecule has 1 amide bonds. The fourth-order valence-electron chi connectivity index (χ4n) is 4.25. The smallest absolute Gasteiger partial charge is 0.256 e. The summed E-state index contributed by atoms with van der Waals surface area (Å²) in [5.41, 5.74) is 2.69. The first kappa shape index (κ1) is 22.5. The van der Waals surface area contributed by atoms with Crippen LogP contribution in [0.2, 0.25) is 0 Å². The van der Waals surface area contributed by atoms with E-state index in [-0.39, 0.29) is 29.7 Å². The lowest BCUT2D eigenvalue weighted by atomic mass is 10.1. The van der Waals surface area contributed by atoms with Gasteiger partial charge >= 0.3 is 0 Å². The fraction of sp³-hybridized carbons (Fsp3) is 0.304. The Morgan fingerprint density at radius 1 is 1.03 bits per heavy atom. The highest BCUT2D eigenvalue weighted by atomic mass is 32.2. The molecule has 5 rings (SSSR count). The number of anilines is 2. The van der Waals surface area contributed by atoms with Gasteiger partial charge in [0, 0.05) is 49.5 Å². The molecule has 34 heavy (non-hydrogen) atoms. The number of aromatic nitrogens is 2. The van der Waals surface area contributed by atoms with Crippen molar-refractivity contribution >= 4 is 27.4 Å². The zero-order valence-corrected chi connectivity index (χ0v) is 19.5. The third-order valence-electron chi connectivity index (χ3n) is 6.31. The maximum atomic E-state index is 14.1. The number of nitrogens with one attached hydrogen (secondary N) is 2. The van der Waals surface area contributed by atoms with Crippen LogP contribution in [-0.2, 0) is 23.1 Å². The second-order valence-corrected chi connectivity index (χ2v) is 10.4. The molecule has 178 valence electrons. The normalized spacial score (nSPS) is 17.1. The van der Waals surface area contributed by atoms with Crippen LogP contribution < -0.4 is 10.2 Å². The molecule has 0 spiro atoms. The number of benzene rings is 2. The molecule has 0 bridgehead atoms. The van der Waals surface area contributed by atoms with Gasteiger partial charge in [0.25, 0.3) is 5.91 Å². The number of fused-ring (bicyclic) bond motifs is 1. The lowest BCUT2D eigenvalue weighted by Gasteiger charge is -2.34. The SMILES string of the molecule is CN1CCN(c2ccc(C(=O)Nc3n[nH]c4c3CN(S(=O)(=O)c3ccccc3F)C4)cc2)CC1. The molecule has 2 aromatic carbocycles. The molecule has 2 aliphatic rings. The second kappa shape index (κ2) is 8.82. The number of nitrogens with zero attached hydrogens (tertiary/aromatic N) is 4. The average Bonchev–Trinajstić information content (AvgIpc) is 3.42. The van der Waals surface area contributed by atoms with Gasteiger partial charge in [0.05, 0.1) is 12.2 Å². The van der Waals surface area contributed by atoms with Crippen molar-refractivity contribution in [3.63, 3.8) is 0 Å². The van der Waals surface area contributed by atoms with E-state index >= 15 is 0 Å². The van der Waals surface area contributed by atoms with Crippen LogP contribution in [0.4, 0.5) is 15.9 Å². The van der Waals surface area contributed by atoms with E-state index in [1.165, 1.54) is 18.2 Å². The number of aromatic amines is 1. The monoisotopic (exact) mass is 484 g/mol. The minimum Gasteiger partial charge on any atom is -0.369 e. The van der Waals surface area contributed by atoms with E-state index in [9.17, 15) is 17.6 Å². The lowest BCUT2D eigenvalue weighted by molar-refractivity contribution is 0.102. The first-order chi connectivity index (χ1) is 16.3. The number of H-pyrrole nitrogens is 1. The van der Waals surface area contributed by atoms with Crippen LogP contribution >= 0.6 is 0 Å². The molecule has 0 atom stereocenters. The summed E-state index contributed by atoms with van der Waals surface area (Å²) in [6.07, 6.45) is 0. The number of carbonyl (C=O) groups excluding carboxylic acids is 1. The van der Waals surface area contributed by atoms with Crippen LogP contribution in [0.5, 0.6) is 0 Å². The number of sulfonamides is 1. The largest absolute Gasteiger partial charge is 0.369 e. The highest BCUT2D eigenvalue weighted by Crippen LogP contribution is 2.32. The molecule has 0 unspecified atom stereocenters. The Morgan fingerprint density at radius 2 is 1.74 bits per heavy atom. The highest BCUT2D eigenvalue weighted by Gasteiger charge is 2.35. The Labute approximate surface area is 197 Å². The first-order valence-corrected chi connectivity index (χ1v) is 12.4. The highest BCUT2D eigenvalue weighted by molar-refractivity contribution is 7.89. The second-order valence-electron chi connectivity index (χ2n) is 8.52. The van der Waals surface area contributed by atoms with Gasteiger partial charge in [-0.15, -0.1) is 0 Å². The molecular weight excluding hydrogens is 459 g/mol. The Bertz CT molecular complexity index is 1320. The number of hydrogen-bond acceptors (Lipinski definition) is 6. The topological polar surface area (TPSA) is 102 Å². The standard InChI is InChI=1S/C23H25FN6O3S/c1-28-10-12-29(13-11-28)17-8-6-16(7-9-17)23(31)25-22-18-14-30(15-20(18)26-27-22)34(32,33)21-5-3-2-4-19(21)24/h2-9H,10-15H2,1H3,(H2,25,26,27,31). The summed E-state index contributed by atoms with van der Waals surface area (Å²) in [5.74, 6) is -0.867. The molecule has 3 heterocycles. The van der Waals surface area contributed by atoms with E-state index in [2.05, 4.69) is 32.4 Å². The zero-order chi connectivity index (χ0) is 23.9. The number of carbonyl (C=O) groups is 1. The Morgan fingerprint density at radius 3 is 2.44 bits per heavy atom. The summed E-state index contributed by atoms with van der Waals surface area (Å²) in [7, 11) is -1.93. The molecule has 3 aromatic rings. The van der Waals surface area contributed by atoms with Crippen LogP contribution in [0.3, 0.4) is 0 Å². The van der Waals surface area contributed by atoms with Crippen LogP contribution in [0.25, 0.3) is 0 Å². The van der Waals surface area contributed by atoms with Crippen molar-refractivity contribution in [3.05, 3.63) is 71.2 Å².